The first-order chi connectivity index (χ1) is 14.4. The predicted octanol–water partition coefficient (Wildman–Crippen LogP) is 3.89. The second-order valence-corrected chi connectivity index (χ2v) is 8.13. The van der Waals surface area contributed by atoms with Crippen molar-refractivity contribution in [2.45, 2.75) is 17.0 Å². The average Bonchev–Trinajstić information content (AvgIpc) is 3.13. The third-order valence-corrected chi connectivity index (χ3v) is 6.20. The van der Waals surface area contributed by atoms with Gasteiger partial charge in [-0.2, -0.15) is 0 Å². The van der Waals surface area contributed by atoms with Crippen LogP contribution in [0.25, 0.3) is 0 Å². The number of aliphatic hydroxyl groups is 1. The molecule has 7 nitrogen and oxygen atoms in total. The number of thioether (sulfide) groups is 1. The molecule has 0 aliphatic rings. The molecule has 30 heavy (non-hydrogen) atoms. The van der Waals surface area contributed by atoms with E-state index in [4.69, 9.17) is 27.9 Å². The first-order valence-corrected chi connectivity index (χ1v) is 10.7. The lowest BCUT2D eigenvalue weighted by Gasteiger charge is -2.16. The number of nitrogens with zero attached hydrogens (tertiary/aromatic N) is 3. The number of benzene rings is 2. The molecule has 0 radical (unpaired) electrons. The van der Waals surface area contributed by atoms with Gasteiger partial charge in [0.15, 0.2) is 11.0 Å². The summed E-state index contributed by atoms with van der Waals surface area (Å²) in [7, 11) is 3.34. The zero-order valence-corrected chi connectivity index (χ0v) is 18.6. The summed E-state index contributed by atoms with van der Waals surface area (Å²) < 4.78 is 6.84. The topological polar surface area (TPSA) is 89.3 Å². The zero-order valence-electron chi connectivity index (χ0n) is 16.3. The van der Waals surface area contributed by atoms with Crippen LogP contribution in [0.5, 0.6) is 5.75 Å². The highest BCUT2D eigenvalue weighted by atomic mass is 35.5. The number of rotatable bonds is 8. The van der Waals surface area contributed by atoms with Crippen LogP contribution < -0.4 is 10.1 Å². The highest BCUT2D eigenvalue weighted by Gasteiger charge is 2.22. The van der Waals surface area contributed by atoms with Gasteiger partial charge in [0.25, 0.3) is 5.91 Å². The van der Waals surface area contributed by atoms with Gasteiger partial charge in [0, 0.05) is 18.4 Å². The van der Waals surface area contributed by atoms with Crippen molar-refractivity contribution in [3.63, 3.8) is 0 Å². The fraction of sp³-hybridized carbons (Fsp3) is 0.250. The van der Waals surface area contributed by atoms with Gasteiger partial charge in [0.2, 0.25) is 0 Å². The number of aromatic nitrogens is 3. The summed E-state index contributed by atoms with van der Waals surface area (Å²) in [5, 5.41) is 22.6. The molecule has 0 spiro atoms. The van der Waals surface area contributed by atoms with Crippen LogP contribution in [-0.4, -0.2) is 39.5 Å². The standard InChI is InChI=1S/C20H20Cl2N4O3S/c1-26-18(17(10-27)23-19(28)13-4-6-14(29-2)7-5-13)24-25-20(26)30-11-12-3-8-15(21)16(22)9-12/h3-9,17,27H,10-11H2,1-2H3,(H,23,28)/t17-/m1/s1. The van der Waals surface area contributed by atoms with Crippen LogP contribution >= 0.6 is 35.0 Å². The fourth-order valence-electron chi connectivity index (χ4n) is 2.71. The lowest BCUT2D eigenvalue weighted by molar-refractivity contribution is 0.0912. The Kier molecular flexibility index (Phi) is 7.60. The highest BCUT2D eigenvalue weighted by molar-refractivity contribution is 7.98. The molecular formula is C20H20Cl2N4O3S. The third kappa shape index (κ3) is 5.26. The van der Waals surface area contributed by atoms with Gasteiger partial charge in [0.05, 0.1) is 23.8 Å². The van der Waals surface area contributed by atoms with Crippen LogP contribution in [0.15, 0.2) is 47.6 Å². The maximum absolute atomic E-state index is 12.5. The minimum Gasteiger partial charge on any atom is -0.497 e. The molecule has 0 fully saturated rings. The smallest absolute Gasteiger partial charge is 0.251 e. The lowest BCUT2D eigenvalue weighted by atomic mass is 10.2. The van der Waals surface area contributed by atoms with E-state index in [0.717, 1.165) is 5.56 Å². The minimum atomic E-state index is -0.698. The van der Waals surface area contributed by atoms with Gasteiger partial charge >= 0.3 is 0 Å². The van der Waals surface area contributed by atoms with Gasteiger partial charge in [-0.25, -0.2) is 0 Å². The Balaban J connectivity index is 1.68. The summed E-state index contributed by atoms with van der Waals surface area (Å²) in [6, 6.07) is 11.4. The number of methoxy groups -OCH3 is 1. The van der Waals surface area contributed by atoms with Crippen molar-refractivity contribution in [2.75, 3.05) is 13.7 Å². The van der Waals surface area contributed by atoms with E-state index in [1.54, 1.807) is 55.1 Å². The SMILES string of the molecule is COc1ccc(C(=O)N[C@H](CO)c2nnc(SCc3ccc(Cl)c(Cl)c3)n2C)cc1. The predicted molar refractivity (Wildman–Crippen MR) is 117 cm³/mol. The van der Waals surface area contributed by atoms with Crippen LogP contribution in [-0.2, 0) is 12.8 Å². The number of halogens is 2. The number of amides is 1. The Hall–Kier alpha value is -2.26. The molecule has 3 rings (SSSR count). The summed E-state index contributed by atoms with van der Waals surface area (Å²) in [4.78, 5) is 12.5. The zero-order chi connectivity index (χ0) is 21.7. The number of carbonyl (C=O) groups is 1. The van der Waals surface area contributed by atoms with Gasteiger partial charge in [0.1, 0.15) is 11.8 Å². The minimum absolute atomic E-state index is 0.314. The van der Waals surface area contributed by atoms with Gasteiger partial charge in [-0.1, -0.05) is 41.0 Å². The molecule has 2 aromatic carbocycles. The van der Waals surface area contributed by atoms with E-state index in [2.05, 4.69) is 15.5 Å². The van der Waals surface area contributed by atoms with E-state index in [1.165, 1.54) is 11.8 Å². The number of hydrogen-bond donors (Lipinski definition) is 2. The molecule has 158 valence electrons. The summed E-state index contributed by atoms with van der Waals surface area (Å²) in [5.41, 5.74) is 1.44. The summed E-state index contributed by atoms with van der Waals surface area (Å²) in [5.74, 6) is 1.40. The molecule has 0 aliphatic heterocycles. The van der Waals surface area contributed by atoms with E-state index in [1.807, 2.05) is 6.07 Å². The Bertz CT molecular complexity index is 1030. The fourth-order valence-corrected chi connectivity index (χ4v) is 3.89. The third-order valence-electron chi connectivity index (χ3n) is 4.37. The van der Waals surface area contributed by atoms with Gasteiger partial charge in [-0.15, -0.1) is 10.2 Å². The lowest BCUT2D eigenvalue weighted by Crippen LogP contribution is -2.32. The van der Waals surface area contributed by atoms with E-state index in [9.17, 15) is 9.90 Å². The number of ether oxygens (including phenoxy) is 1. The van der Waals surface area contributed by atoms with Crippen LogP contribution in [0.1, 0.15) is 27.8 Å². The average molecular weight is 467 g/mol. The largest absolute Gasteiger partial charge is 0.497 e. The summed E-state index contributed by atoms with van der Waals surface area (Å²) in [6.45, 7) is -0.314. The molecule has 1 amide bonds. The molecule has 0 saturated heterocycles. The Morgan fingerprint density at radius 3 is 2.57 bits per heavy atom. The van der Waals surface area contributed by atoms with Crippen molar-refractivity contribution >= 4 is 40.9 Å². The van der Waals surface area contributed by atoms with Crippen LogP contribution in [0, 0.1) is 0 Å². The molecule has 1 atom stereocenters. The molecule has 0 saturated carbocycles. The van der Waals surface area contributed by atoms with Crippen LogP contribution in [0.3, 0.4) is 0 Å². The van der Waals surface area contributed by atoms with Crippen molar-refractivity contribution in [2.24, 2.45) is 7.05 Å². The van der Waals surface area contributed by atoms with Crippen molar-refractivity contribution in [3.05, 3.63) is 69.5 Å². The number of carbonyl (C=O) groups excluding carboxylic acids is 1. The normalized spacial score (nSPS) is 11.9. The molecule has 2 N–H and O–H groups in total. The van der Waals surface area contributed by atoms with Crippen molar-refractivity contribution in [1.29, 1.82) is 0 Å². The molecule has 1 heterocycles. The number of nitrogens with one attached hydrogen (secondary N) is 1. The molecule has 0 bridgehead atoms. The van der Waals surface area contributed by atoms with Crippen molar-refractivity contribution < 1.29 is 14.6 Å². The van der Waals surface area contributed by atoms with Crippen LogP contribution in [0.2, 0.25) is 10.0 Å². The van der Waals surface area contributed by atoms with Gasteiger partial charge in [-0.3, -0.25) is 4.79 Å². The van der Waals surface area contributed by atoms with E-state index < -0.39 is 6.04 Å². The Labute approximate surface area is 188 Å². The second-order valence-electron chi connectivity index (χ2n) is 6.37. The second kappa shape index (κ2) is 10.2. The van der Waals surface area contributed by atoms with E-state index in [-0.39, 0.29) is 12.5 Å². The van der Waals surface area contributed by atoms with Crippen molar-refractivity contribution in [3.8, 4) is 5.75 Å². The van der Waals surface area contributed by atoms with E-state index >= 15 is 0 Å². The quantitative estimate of drug-likeness (QED) is 0.489. The van der Waals surface area contributed by atoms with Gasteiger partial charge in [-0.05, 0) is 42.0 Å². The van der Waals surface area contributed by atoms with Crippen molar-refractivity contribution in [1.82, 2.24) is 20.1 Å². The molecule has 3 aromatic rings. The van der Waals surface area contributed by atoms with Gasteiger partial charge < -0.3 is 19.7 Å². The van der Waals surface area contributed by atoms with Crippen LogP contribution in [0.4, 0.5) is 0 Å². The number of hydrogen-bond acceptors (Lipinski definition) is 6. The number of aliphatic hydroxyl groups excluding tert-OH is 1. The van der Waals surface area contributed by atoms with E-state index in [0.29, 0.717) is 38.1 Å². The molecule has 0 unspecified atom stereocenters. The Morgan fingerprint density at radius 2 is 1.93 bits per heavy atom. The first kappa shape index (κ1) is 22.4. The molecule has 1 aromatic heterocycles. The first-order valence-electron chi connectivity index (χ1n) is 8.94. The maximum atomic E-state index is 12.5. The Morgan fingerprint density at radius 1 is 1.20 bits per heavy atom. The molecule has 10 heteroatoms. The maximum Gasteiger partial charge on any atom is 0.251 e. The molecular weight excluding hydrogens is 447 g/mol. The highest BCUT2D eigenvalue weighted by Crippen LogP contribution is 2.27. The summed E-state index contributed by atoms with van der Waals surface area (Å²) >= 11 is 13.5. The molecule has 0 aliphatic carbocycles. The summed E-state index contributed by atoms with van der Waals surface area (Å²) in [6.07, 6.45) is 0. The monoisotopic (exact) mass is 466 g/mol.